The molecule has 0 radical (unpaired) electrons. The molecule has 6 nitrogen and oxygen atoms in total. The van der Waals surface area contributed by atoms with Crippen molar-refractivity contribution in [2.24, 2.45) is 0 Å². The molecule has 3 aromatic rings. The molecule has 1 N–H and O–H groups in total. The van der Waals surface area contributed by atoms with E-state index in [4.69, 9.17) is 4.74 Å². The molecule has 0 aliphatic heterocycles. The lowest BCUT2D eigenvalue weighted by molar-refractivity contribution is -0.145. The zero-order valence-corrected chi connectivity index (χ0v) is 15.9. The third-order valence-electron chi connectivity index (χ3n) is 4.31. The van der Waals surface area contributed by atoms with Crippen molar-refractivity contribution in [1.29, 1.82) is 0 Å². The zero-order chi connectivity index (χ0) is 20.5. The molecule has 0 aliphatic carbocycles. The summed E-state index contributed by atoms with van der Waals surface area (Å²) in [6, 6.07) is 15.3. The van der Waals surface area contributed by atoms with Gasteiger partial charge in [0, 0.05) is 18.7 Å². The number of amides is 1. The number of carbonyl (C=O) groups excluding carboxylic acids is 2. The summed E-state index contributed by atoms with van der Waals surface area (Å²) >= 11 is 0. The van der Waals surface area contributed by atoms with Gasteiger partial charge in [-0.15, -0.1) is 0 Å². The first kappa shape index (κ1) is 20.3. The van der Waals surface area contributed by atoms with E-state index in [2.05, 4.69) is 10.3 Å². The number of nitrogens with zero attached hydrogens (tertiary/aromatic N) is 2. The Hall–Kier alpha value is -3.48. The van der Waals surface area contributed by atoms with Crippen LogP contribution in [0.5, 0.6) is 0 Å². The molecule has 0 bridgehead atoms. The van der Waals surface area contributed by atoms with Crippen LogP contribution in [-0.2, 0) is 16.1 Å². The Morgan fingerprint density at radius 1 is 1.03 bits per heavy atom. The number of unbranched alkanes of at least 4 members (excludes halogenated alkanes) is 1. The van der Waals surface area contributed by atoms with Gasteiger partial charge in [-0.2, -0.15) is 0 Å². The van der Waals surface area contributed by atoms with E-state index in [0.29, 0.717) is 37.2 Å². The summed E-state index contributed by atoms with van der Waals surface area (Å²) in [6.07, 6.45) is 4.53. The monoisotopic (exact) mass is 395 g/mol. The number of nitrogens with one attached hydrogen (secondary N) is 1. The van der Waals surface area contributed by atoms with Crippen LogP contribution in [0.4, 0.5) is 4.39 Å². The number of benzene rings is 2. The molecule has 0 spiro atoms. The molecule has 7 heteroatoms. The Kier molecular flexibility index (Phi) is 7.10. The average Bonchev–Trinajstić information content (AvgIpc) is 3.23. The van der Waals surface area contributed by atoms with Gasteiger partial charge in [0.25, 0.3) is 5.91 Å². The van der Waals surface area contributed by atoms with Gasteiger partial charge in [0.05, 0.1) is 12.5 Å². The van der Waals surface area contributed by atoms with Crippen molar-refractivity contribution >= 4 is 11.9 Å². The lowest BCUT2D eigenvalue weighted by atomic mass is 10.2. The maximum Gasteiger partial charge on any atom is 0.306 e. The highest BCUT2D eigenvalue weighted by Crippen LogP contribution is 2.12. The summed E-state index contributed by atoms with van der Waals surface area (Å²) in [4.78, 5) is 28.2. The number of esters is 1. The third-order valence-corrected chi connectivity index (χ3v) is 4.31. The zero-order valence-electron chi connectivity index (χ0n) is 15.9. The van der Waals surface area contributed by atoms with Gasteiger partial charge in [-0.1, -0.05) is 30.3 Å². The van der Waals surface area contributed by atoms with E-state index in [-0.39, 0.29) is 24.3 Å². The van der Waals surface area contributed by atoms with Crippen LogP contribution >= 0.6 is 0 Å². The van der Waals surface area contributed by atoms with Crippen LogP contribution in [0.2, 0.25) is 0 Å². The molecule has 150 valence electrons. The van der Waals surface area contributed by atoms with Crippen LogP contribution in [-0.4, -0.2) is 28.0 Å². The number of hydrogen-bond acceptors (Lipinski definition) is 4. The Bertz CT molecular complexity index is 939. The van der Waals surface area contributed by atoms with Gasteiger partial charge in [0.15, 0.2) is 0 Å². The van der Waals surface area contributed by atoms with Crippen molar-refractivity contribution in [3.63, 3.8) is 0 Å². The lowest BCUT2D eigenvalue weighted by Gasteiger charge is -2.09. The Labute approximate surface area is 168 Å². The molecule has 1 aromatic heterocycles. The molecule has 0 unspecified atom stereocenters. The normalized spacial score (nSPS) is 10.5. The SMILES string of the molecule is O=C(CCCCNC(=O)c1cncn1-c1ccc(F)cc1)OCc1ccccc1. The van der Waals surface area contributed by atoms with Gasteiger partial charge >= 0.3 is 5.97 Å². The van der Waals surface area contributed by atoms with E-state index in [1.807, 2.05) is 30.3 Å². The van der Waals surface area contributed by atoms with Gasteiger partial charge in [0.1, 0.15) is 18.1 Å². The topological polar surface area (TPSA) is 73.2 Å². The number of rotatable bonds is 9. The summed E-state index contributed by atoms with van der Waals surface area (Å²) in [5.74, 6) is -0.879. The molecule has 0 saturated heterocycles. The van der Waals surface area contributed by atoms with Gasteiger partial charge in [-0.25, -0.2) is 9.37 Å². The van der Waals surface area contributed by atoms with E-state index in [9.17, 15) is 14.0 Å². The minimum atomic E-state index is -0.345. The number of ether oxygens (including phenoxy) is 1. The molecule has 0 atom stereocenters. The highest BCUT2D eigenvalue weighted by Gasteiger charge is 2.13. The van der Waals surface area contributed by atoms with Crippen molar-refractivity contribution in [1.82, 2.24) is 14.9 Å². The van der Waals surface area contributed by atoms with Crippen molar-refractivity contribution in [2.75, 3.05) is 6.54 Å². The minimum Gasteiger partial charge on any atom is -0.461 e. The van der Waals surface area contributed by atoms with Gasteiger partial charge in [0.2, 0.25) is 0 Å². The van der Waals surface area contributed by atoms with E-state index >= 15 is 0 Å². The predicted octanol–water partition coefficient (Wildman–Crippen LogP) is 3.65. The molecule has 1 heterocycles. The van der Waals surface area contributed by atoms with Crippen molar-refractivity contribution < 1.29 is 18.7 Å². The van der Waals surface area contributed by atoms with Crippen LogP contribution in [0.25, 0.3) is 5.69 Å². The fourth-order valence-electron chi connectivity index (χ4n) is 2.77. The van der Waals surface area contributed by atoms with E-state index in [1.165, 1.54) is 24.7 Å². The molecule has 0 aliphatic rings. The van der Waals surface area contributed by atoms with Crippen molar-refractivity contribution in [3.05, 3.63) is 84.2 Å². The molecular formula is C22H22FN3O3. The fraction of sp³-hybridized carbons (Fsp3) is 0.227. The summed E-state index contributed by atoms with van der Waals surface area (Å²) in [5.41, 5.74) is 1.96. The standard InChI is InChI=1S/C22H22FN3O3/c23-18-9-11-19(12-10-18)26-16-24-14-20(26)22(28)25-13-5-4-8-21(27)29-15-17-6-2-1-3-7-17/h1-3,6-7,9-12,14,16H,4-5,8,13,15H2,(H,25,28). The highest BCUT2D eigenvalue weighted by molar-refractivity contribution is 5.92. The number of carbonyl (C=O) groups is 2. The van der Waals surface area contributed by atoms with E-state index in [1.54, 1.807) is 16.7 Å². The lowest BCUT2D eigenvalue weighted by Crippen LogP contribution is -2.26. The summed E-state index contributed by atoms with van der Waals surface area (Å²) in [7, 11) is 0. The van der Waals surface area contributed by atoms with Crippen molar-refractivity contribution in [2.45, 2.75) is 25.9 Å². The number of hydrogen-bond donors (Lipinski definition) is 1. The first-order chi connectivity index (χ1) is 14.1. The highest BCUT2D eigenvalue weighted by atomic mass is 19.1. The smallest absolute Gasteiger partial charge is 0.306 e. The fourth-order valence-corrected chi connectivity index (χ4v) is 2.77. The van der Waals surface area contributed by atoms with Crippen LogP contribution in [0.1, 0.15) is 35.3 Å². The Balaban J connectivity index is 1.38. The Morgan fingerprint density at radius 3 is 2.55 bits per heavy atom. The molecule has 0 fully saturated rings. The molecule has 29 heavy (non-hydrogen) atoms. The minimum absolute atomic E-state index is 0.255. The predicted molar refractivity (Wildman–Crippen MR) is 106 cm³/mol. The molecule has 1 amide bonds. The second kappa shape index (κ2) is 10.2. The second-order valence-electron chi connectivity index (χ2n) is 6.48. The number of aromatic nitrogens is 2. The molecule has 3 rings (SSSR count). The van der Waals surface area contributed by atoms with Gasteiger partial charge in [-0.05, 0) is 42.7 Å². The maximum atomic E-state index is 13.1. The van der Waals surface area contributed by atoms with Gasteiger partial charge in [-0.3, -0.25) is 14.2 Å². The van der Waals surface area contributed by atoms with Crippen LogP contribution in [0.15, 0.2) is 67.1 Å². The average molecular weight is 395 g/mol. The number of halogens is 1. The third kappa shape index (κ3) is 6.00. The van der Waals surface area contributed by atoms with E-state index < -0.39 is 0 Å². The summed E-state index contributed by atoms with van der Waals surface area (Å²) < 4.78 is 19.9. The summed E-state index contributed by atoms with van der Waals surface area (Å²) in [6.45, 7) is 0.698. The van der Waals surface area contributed by atoms with Crippen molar-refractivity contribution in [3.8, 4) is 5.69 Å². The molecule has 0 saturated carbocycles. The summed E-state index contributed by atoms with van der Waals surface area (Å²) in [5, 5.41) is 2.81. The first-order valence-electron chi connectivity index (χ1n) is 9.39. The van der Waals surface area contributed by atoms with E-state index in [0.717, 1.165) is 5.56 Å². The first-order valence-corrected chi connectivity index (χ1v) is 9.39. The van der Waals surface area contributed by atoms with Gasteiger partial charge < -0.3 is 10.1 Å². The molecule has 2 aromatic carbocycles. The van der Waals surface area contributed by atoms with Crippen LogP contribution in [0, 0.1) is 5.82 Å². The maximum absolute atomic E-state index is 13.1. The second-order valence-corrected chi connectivity index (χ2v) is 6.48. The quantitative estimate of drug-likeness (QED) is 0.443. The number of imidazole rings is 1. The Morgan fingerprint density at radius 2 is 1.79 bits per heavy atom. The van der Waals surface area contributed by atoms with Crippen LogP contribution in [0.3, 0.4) is 0 Å². The van der Waals surface area contributed by atoms with Crippen LogP contribution < -0.4 is 5.32 Å². The molecular weight excluding hydrogens is 373 g/mol. The largest absolute Gasteiger partial charge is 0.461 e.